The fraction of sp³-hybridized carbons (Fsp3) is 0.300. The standard InChI is InChI=1S/C20H24N2O18P4/c23-16-7-8-22(20(26)21-16)19-18(25)17(24)15(37-19)11-36-42(29,30)39-44(33,34)40-43(31,32)38-41(27,28)35-10-12-5-6-13-3-1-2-4-14(13)9-12/h1-9,15,17-19,24-25H,10-11H2,(H,27,28)(H,29,30)(H,31,32)(H,33,34)(H,21,23,26)/p-4/t15-,17?,18+,19-/m1/s1. The van der Waals surface area contributed by atoms with E-state index in [1.54, 1.807) is 30.3 Å². The molecule has 44 heavy (non-hydrogen) atoms. The van der Waals surface area contributed by atoms with Gasteiger partial charge in [0.1, 0.15) is 18.3 Å². The number of aromatic nitrogens is 2. The normalized spacial score (nSPS) is 26.0. The summed E-state index contributed by atoms with van der Waals surface area (Å²) < 4.78 is 73.1. The highest BCUT2D eigenvalue weighted by atomic mass is 31.3. The van der Waals surface area contributed by atoms with Crippen LogP contribution >= 0.6 is 31.3 Å². The van der Waals surface area contributed by atoms with Crippen molar-refractivity contribution >= 4 is 42.1 Å². The van der Waals surface area contributed by atoms with Gasteiger partial charge >= 0.3 is 5.69 Å². The predicted molar refractivity (Wildman–Crippen MR) is 136 cm³/mol. The molecule has 5 unspecified atom stereocenters. The zero-order valence-corrected chi connectivity index (χ0v) is 25.2. The van der Waals surface area contributed by atoms with Crippen molar-refractivity contribution in [3.63, 3.8) is 0 Å². The first-order valence-corrected chi connectivity index (χ1v) is 17.7. The third-order valence-corrected chi connectivity index (χ3v) is 11.4. The van der Waals surface area contributed by atoms with Crippen LogP contribution in [0.3, 0.4) is 0 Å². The smallest absolute Gasteiger partial charge is 0.330 e. The van der Waals surface area contributed by atoms with Crippen molar-refractivity contribution in [2.45, 2.75) is 31.1 Å². The Hall–Kier alpha value is -2.18. The van der Waals surface area contributed by atoms with Crippen LogP contribution < -0.4 is 30.8 Å². The van der Waals surface area contributed by atoms with E-state index in [-0.39, 0.29) is 5.56 Å². The van der Waals surface area contributed by atoms with Crippen molar-refractivity contribution in [2.75, 3.05) is 6.61 Å². The summed E-state index contributed by atoms with van der Waals surface area (Å²) in [5.41, 5.74) is -1.61. The molecule has 1 saturated heterocycles. The van der Waals surface area contributed by atoms with Crippen LogP contribution in [0.4, 0.5) is 0 Å². The van der Waals surface area contributed by atoms with Gasteiger partial charge in [0, 0.05) is 12.3 Å². The van der Waals surface area contributed by atoms with Gasteiger partial charge in [-0.25, -0.2) is 17.7 Å². The number of nitrogens with zero attached hydrogens (tertiary/aromatic N) is 1. The van der Waals surface area contributed by atoms with Gasteiger partial charge in [0.05, 0.1) is 13.2 Å². The van der Waals surface area contributed by atoms with E-state index in [0.29, 0.717) is 9.95 Å². The van der Waals surface area contributed by atoms with Crippen molar-refractivity contribution in [1.29, 1.82) is 0 Å². The quantitative estimate of drug-likeness (QED) is 0.170. The molecule has 0 aliphatic carbocycles. The lowest BCUT2D eigenvalue weighted by molar-refractivity contribution is -0.255. The molecule has 0 amide bonds. The molecular formula is C20H20N2O18P4-4. The monoisotopic (exact) mass is 700 g/mol. The van der Waals surface area contributed by atoms with E-state index >= 15 is 0 Å². The summed E-state index contributed by atoms with van der Waals surface area (Å²) >= 11 is 0. The molecule has 1 aliphatic rings. The number of aliphatic hydroxyl groups excluding tert-OH is 2. The SMILES string of the molecule is O=c1ccn([C@@H]2O[C@H](COP(=O)([O-])OP(=O)([O-])OP(=O)([O-])OP(=O)([O-])OCc3ccc4ccccc4c3)C(O)[C@@H]2O)c(=O)[nH]1. The molecule has 0 saturated carbocycles. The summed E-state index contributed by atoms with van der Waals surface area (Å²) in [6, 6.07) is 12.4. The van der Waals surface area contributed by atoms with Gasteiger partial charge in [-0.05, 0) is 22.4 Å². The molecule has 0 spiro atoms. The Bertz CT molecular complexity index is 1830. The molecular weight excluding hydrogens is 680 g/mol. The zero-order chi connectivity index (χ0) is 32.5. The molecule has 1 aliphatic heterocycles. The van der Waals surface area contributed by atoms with Gasteiger partial charge in [-0.1, -0.05) is 36.4 Å². The molecule has 0 bridgehead atoms. The van der Waals surface area contributed by atoms with Crippen molar-refractivity contribution in [3.8, 4) is 0 Å². The summed E-state index contributed by atoms with van der Waals surface area (Å²) in [5, 5.41) is 21.7. The molecule has 20 nitrogen and oxygen atoms in total. The van der Waals surface area contributed by atoms with Gasteiger partial charge in [0.15, 0.2) is 6.23 Å². The Morgan fingerprint density at radius 1 is 0.795 bits per heavy atom. The predicted octanol–water partition coefficient (Wildman–Crippen LogP) is -1.53. The van der Waals surface area contributed by atoms with Crippen molar-refractivity contribution in [3.05, 3.63) is 81.1 Å². The minimum absolute atomic E-state index is 0.258. The van der Waals surface area contributed by atoms with E-state index in [1.807, 2.05) is 4.98 Å². The first-order chi connectivity index (χ1) is 20.4. The number of rotatable bonds is 13. The number of phosphoric acid groups is 4. The van der Waals surface area contributed by atoms with Crippen LogP contribution in [0.25, 0.3) is 10.8 Å². The fourth-order valence-electron chi connectivity index (χ4n) is 3.82. The van der Waals surface area contributed by atoms with E-state index in [2.05, 4.69) is 22.0 Å². The Morgan fingerprint density at radius 2 is 1.39 bits per heavy atom. The number of aliphatic hydroxyl groups is 2. The highest BCUT2D eigenvalue weighted by Crippen LogP contribution is 2.66. The average molecular weight is 700 g/mol. The maximum absolute atomic E-state index is 12.0. The number of nitrogens with one attached hydrogen (secondary N) is 1. The Labute approximate surface area is 245 Å². The van der Waals surface area contributed by atoms with Crippen molar-refractivity contribution in [2.24, 2.45) is 0 Å². The van der Waals surface area contributed by atoms with Crippen LogP contribution in [0.5, 0.6) is 0 Å². The maximum atomic E-state index is 12.0. The minimum Gasteiger partial charge on any atom is -0.756 e. The summed E-state index contributed by atoms with van der Waals surface area (Å²) in [6.07, 6.45) is -6.30. The van der Waals surface area contributed by atoms with E-state index < -0.39 is 80.3 Å². The summed E-state index contributed by atoms with van der Waals surface area (Å²) in [7, 11) is -24.8. The second kappa shape index (κ2) is 13.3. The molecule has 8 atom stereocenters. The lowest BCUT2D eigenvalue weighted by Gasteiger charge is -2.36. The number of fused-ring (bicyclic) bond motifs is 1. The molecule has 2 aromatic carbocycles. The van der Waals surface area contributed by atoms with Crippen LogP contribution in [-0.4, -0.2) is 44.7 Å². The molecule has 2 heterocycles. The number of benzene rings is 2. The molecule has 4 rings (SSSR count). The third kappa shape index (κ3) is 9.19. The number of hydrogen-bond acceptors (Lipinski definition) is 18. The Kier molecular flexibility index (Phi) is 10.5. The van der Waals surface area contributed by atoms with E-state index in [1.165, 1.54) is 12.1 Å². The molecule has 242 valence electrons. The van der Waals surface area contributed by atoms with Crippen molar-refractivity contribution < 1.29 is 74.8 Å². The average Bonchev–Trinajstić information content (AvgIpc) is 3.17. The van der Waals surface area contributed by atoms with Gasteiger partial charge < -0.3 is 43.6 Å². The second-order valence-electron chi connectivity index (χ2n) is 8.85. The molecule has 3 N–H and O–H groups in total. The minimum atomic E-state index is -6.48. The number of ether oxygens (including phenoxy) is 1. The maximum Gasteiger partial charge on any atom is 0.330 e. The molecule has 3 aromatic rings. The first-order valence-electron chi connectivity index (χ1n) is 11.8. The summed E-state index contributed by atoms with van der Waals surface area (Å²) in [4.78, 5) is 72.8. The summed E-state index contributed by atoms with van der Waals surface area (Å²) in [6.45, 7) is -1.99. The fourth-order valence-corrected chi connectivity index (χ4v) is 8.54. The highest BCUT2D eigenvalue weighted by Gasteiger charge is 2.45. The van der Waals surface area contributed by atoms with E-state index in [0.717, 1.165) is 17.6 Å². The van der Waals surface area contributed by atoms with E-state index in [4.69, 9.17) is 4.74 Å². The van der Waals surface area contributed by atoms with Crippen LogP contribution in [-0.2, 0) is 51.6 Å². The zero-order valence-electron chi connectivity index (χ0n) is 21.6. The van der Waals surface area contributed by atoms with Crippen LogP contribution in [0.1, 0.15) is 11.8 Å². The van der Waals surface area contributed by atoms with Gasteiger partial charge in [0.2, 0.25) is 0 Å². The topological polar surface area (TPSA) is 311 Å². The molecule has 1 aromatic heterocycles. The summed E-state index contributed by atoms with van der Waals surface area (Å²) in [5.74, 6) is 0. The van der Waals surface area contributed by atoms with Crippen LogP contribution in [0.2, 0.25) is 0 Å². The lowest BCUT2D eigenvalue weighted by Crippen LogP contribution is -2.37. The number of aromatic amines is 1. The van der Waals surface area contributed by atoms with Gasteiger partial charge in [-0.15, -0.1) is 0 Å². The van der Waals surface area contributed by atoms with Crippen molar-refractivity contribution in [1.82, 2.24) is 9.55 Å². The molecule has 0 radical (unpaired) electrons. The van der Waals surface area contributed by atoms with Crippen LogP contribution in [0, 0.1) is 0 Å². The Balaban J connectivity index is 1.31. The second-order valence-corrected chi connectivity index (χ2v) is 14.9. The van der Waals surface area contributed by atoms with Gasteiger partial charge in [-0.3, -0.25) is 32.6 Å². The Morgan fingerprint density at radius 3 is 2.02 bits per heavy atom. The largest absolute Gasteiger partial charge is 0.756 e. The lowest BCUT2D eigenvalue weighted by atomic mass is 10.1. The number of phosphoric ester groups is 2. The highest BCUT2D eigenvalue weighted by molar-refractivity contribution is 7.68. The number of H-pyrrole nitrogens is 1. The first kappa shape index (κ1) is 34.7. The van der Waals surface area contributed by atoms with Crippen LogP contribution in [0.15, 0.2) is 64.3 Å². The van der Waals surface area contributed by atoms with Gasteiger partial charge in [-0.2, -0.15) is 0 Å². The molecule has 1 fully saturated rings. The van der Waals surface area contributed by atoms with Gasteiger partial charge in [0.25, 0.3) is 36.9 Å². The third-order valence-electron chi connectivity index (χ3n) is 5.66. The number of hydrogen-bond donors (Lipinski definition) is 3. The molecule has 24 heteroatoms. The van der Waals surface area contributed by atoms with E-state index in [9.17, 15) is 57.6 Å².